The second-order valence-corrected chi connectivity index (χ2v) is 6.79. The maximum absolute atomic E-state index is 13.1. The molecule has 0 saturated carbocycles. The Labute approximate surface area is 169 Å². The molecule has 29 heavy (non-hydrogen) atoms. The number of hydrogen-bond acceptors (Lipinski definition) is 4. The van der Waals surface area contributed by atoms with Crippen LogP contribution in [0.5, 0.6) is 11.5 Å². The molecule has 3 aromatic carbocycles. The van der Waals surface area contributed by atoms with Crippen LogP contribution in [0.15, 0.2) is 82.2 Å². The van der Waals surface area contributed by atoms with Crippen molar-refractivity contribution in [2.45, 2.75) is 20.0 Å². The predicted octanol–water partition coefficient (Wildman–Crippen LogP) is 5.61. The Morgan fingerprint density at radius 2 is 1.72 bits per heavy atom. The zero-order valence-electron chi connectivity index (χ0n) is 16.5. The lowest BCUT2D eigenvalue weighted by atomic mass is 10.0. The van der Waals surface area contributed by atoms with Crippen LogP contribution >= 0.6 is 0 Å². The third kappa shape index (κ3) is 3.87. The third-order valence-corrected chi connectivity index (χ3v) is 4.97. The fourth-order valence-electron chi connectivity index (χ4n) is 3.32. The first-order chi connectivity index (χ1) is 14.2. The third-order valence-electron chi connectivity index (χ3n) is 4.97. The van der Waals surface area contributed by atoms with Crippen molar-refractivity contribution < 1.29 is 13.9 Å². The highest BCUT2D eigenvalue weighted by molar-refractivity contribution is 5.83. The molecule has 4 aromatic rings. The van der Waals surface area contributed by atoms with E-state index in [2.05, 4.69) is 0 Å². The van der Waals surface area contributed by atoms with Gasteiger partial charge in [0.1, 0.15) is 30.0 Å². The molecule has 0 radical (unpaired) electrons. The molecule has 0 aliphatic carbocycles. The van der Waals surface area contributed by atoms with Gasteiger partial charge in [-0.25, -0.2) is 0 Å². The first-order valence-corrected chi connectivity index (χ1v) is 9.59. The summed E-state index contributed by atoms with van der Waals surface area (Å²) in [5.74, 6) is 1.48. The molecule has 0 spiro atoms. The van der Waals surface area contributed by atoms with Crippen LogP contribution in [0.3, 0.4) is 0 Å². The van der Waals surface area contributed by atoms with Crippen molar-refractivity contribution in [2.75, 3.05) is 7.11 Å². The fourth-order valence-corrected chi connectivity index (χ4v) is 3.32. The first-order valence-electron chi connectivity index (χ1n) is 9.59. The average molecular weight is 386 g/mol. The van der Waals surface area contributed by atoms with Crippen LogP contribution in [-0.4, -0.2) is 7.11 Å². The molecule has 0 amide bonds. The lowest BCUT2D eigenvalue weighted by molar-refractivity contribution is 0.303. The summed E-state index contributed by atoms with van der Waals surface area (Å²) in [5.41, 5.74) is 3.86. The largest absolute Gasteiger partial charge is 0.497 e. The molecule has 0 saturated heterocycles. The minimum atomic E-state index is -0.0549. The number of ether oxygens (including phenoxy) is 2. The molecule has 1 heterocycles. The monoisotopic (exact) mass is 386 g/mol. The van der Waals surface area contributed by atoms with E-state index in [9.17, 15) is 4.79 Å². The second kappa shape index (κ2) is 8.23. The van der Waals surface area contributed by atoms with Crippen molar-refractivity contribution in [1.82, 2.24) is 0 Å². The maximum Gasteiger partial charge on any atom is 0.200 e. The van der Waals surface area contributed by atoms with E-state index in [0.29, 0.717) is 23.1 Å². The predicted molar refractivity (Wildman–Crippen MR) is 115 cm³/mol. The summed E-state index contributed by atoms with van der Waals surface area (Å²) in [5, 5.41) is 0.558. The molecule has 4 heteroatoms. The van der Waals surface area contributed by atoms with Gasteiger partial charge < -0.3 is 13.9 Å². The normalized spacial score (nSPS) is 10.8. The maximum atomic E-state index is 13.1. The van der Waals surface area contributed by atoms with E-state index in [-0.39, 0.29) is 5.43 Å². The molecule has 0 bridgehead atoms. The number of methoxy groups -OCH3 is 1. The SMILES string of the molecule is CCc1cc2c(=O)c(-c3ccc(OC)cc3)coc2cc1OCc1ccccc1. The van der Waals surface area contributed by atoms with Crippen molar-refractivity contribution in [2.24, 2.45) is 0 Å². The molecule has 1 aromatic heterocycles. The summed E-state index contributed by atoms with van der Waals surface area (Å²) >= 11 is 0. The number of benzene rings is 3. The van der Waals surface area contributed by atoms with E-state index in [1.807, 2.05) is 73.7 Å². The summed E-state index contributed by atoms with van der Waals surface area (Å²) in [4.78, 5) is 13.1. The molecule has 0 aliphatic heterocycles. The number of aryl methyl sites for hydroxylation is 1. The topological polar surface area (TPSA) is 48.7 Å². The Balaban J connectivity index is 1.71. The van der Waals surface area contributed by atoms with Gasteiger partial charge in [0.05, 0.1) is 18.1 Å². The van der Waals surface area contributed by atoms with Crippen molar-refractivity contribution in [1.29, 1.82) is 0 Å². The summed E-state index contributed by atoms with van der Waals surface area (Å²) in [7, 11) is 1.61. The minimum Gasteiger partial charge on any atom is -0.497 e. The molecule has 4 nitrogen and oxygen atoms in total. The summed E-state index contributed by atoms with van der Waals surface area (Å²) in [6.45, 7) is 2.51. The Morgan fingerprint density at radius 3 is 2.41 bits per heavy atom. The smallest absolute Gasteiger partial charge is 0.200 e. The van der Waals surface area contributed by atoms with Crippen LogP contribution in [0.4, 0.5) is 0 Å². The van der Waals surface area contributed by atoms with E-state index in [1.54, 1.807) is 7.11 Å². The Kier molecular flexibility index (Phi) is 5.34. The van der Waals surface area contributed by atoms with Crippen molar-refractivity contribution in [3.05, 3.63) is 94.3 Å². The highest BCUT2D eigenvalue weighted by atomic mass is 16.5. The second-order valence-electron chi connectivity index (χ2n) is 6.79. The molecule has 0 unspecified atom stereocenters. The lowest BCUT2D eigenvalue weighted by Crippen LogP contribution is -2.06. The molecule has 0 fully saturated rings. The van der Waals surface area contributed by atoms with E-state index in [4.69, 9.17) is 13.9 Å². The van der Waals surface area contributed by atoms with E-state index in [1.165, 1.54) is 6.26 Å². The van der Waals surface area contributed by atoms with Crippen molar-refractivity contribution >= 4 is 11.0 Å². The van der Waals surface area contributed by atoms with Gasteiger partial charge in [-0.1, -0.05) is 49.4 Å². The zero-order valence-corrected chi connectivity index (χ0v) is 16.5. The van der Waals surface area contributed by atoms with Gasteiger partial charge in [-0.05, 0) is 41.3 Å². The van der Waals surface area contributed by atoms with Crippen LogP contribution in [0.2, 0.25) is 0 Å². The standard InChI is InChI=1S/C25H22O4/c1-3-18-13-21-24(14-23(18)28-15-17-7-5-4-6-8-17)29-16-22(25(21)26)19-9-11-20(27-2)12-10-19/h4-14,16H,3,15H2,1-2H3. The minimum absolute atomic E-state index is 0.0549. The molecular formula is C25H22O4. The molecular weight excluding hydrogens is 364 g/mol. The Bertz CT molecular complexity index is 1180. The van der Waals surface area contributed by atoms with Crippen LogP contribution in [-0.2, 0) is 13.0 Å². The van der Waals surface area contributed by atoms with E-state index in [0.717, 1.165) is 34.6 Å². The summed E-state index contributed by atoms with van der Waals surface area (Å²) in [6.07, 6.45) is 2.27. The van der Waals surface area contributed by atoms with Crippen LogP contribution in [0.1, 0.15) is 18.1 Å². The van der Waals surface area contributed by atoms with E-state index < -0.39 is 0 Å². The first kappa shape index (κ1) is 18.8. The highest BCUT2D eigenvalue weighted by Gasteiger charge is 2.13. The number of hydrogen-bond donors (Lipinski definition) is 0. The number of fused-ring (bicyclic) bond motifs is 1. The highest BCUT2D eigenvalue weighted by Crippen LogP contribution is 2.28. The van der Waals surface area contributed by atoms with Gasteiger partial charge in [0.15, 0.2) is 0 Å². The van der Waals surface area contributed by atoms with Gasteiger partial charge in [-0.3, -0.25) is 4.79 Å². The van der Waals surface area contributed by atoms with Gasteiger partial charge in [-0.15, -0.1) is 0 Å². The van der Waals surface area contributed by atoms with Crippen molar-refractivity contribution in [3.63, 3.8) is 0 Å². The van der Waals surface area contributed by atoms with Crippen LogP contribution in [0, 0.1) is 0 Å². The van der Waals surface area contributed by atoms with Gasteiger partial charge in [0.2, 0.25) is 5.43 Å². The van der Waals surface area contributed by atoms with Crippen LogP contribution < -0.4 is 14.9 Å². The quantitative estimate of drug-likeness (QED) is 0.432. The molecule has 0 atom stereocenters. The molecule has 4 rings (SSSR count). The van der Waals surface area contributed by atoms with Gasteiger partial charge in [-0.2, -0.15) is 0 Å². The fraction of sp³-hybridized carbons (Fsp3) is 0.160. The van der Waals surface area contributed by atoms with Crippen molar-refractivity contribution in [3.8, 4) is 22.6 Å². The molecule has 0 N–H and O–H groups in total. The Morgan fingerprint density at radius 1 is 0.966 bits per heavy atom. The van der Waals surface area contributed by atoms with E-state index >= 15 is 0 Å². The average Bonchev–Trinajstić information content (AvgIpc) is 2.78. The van der Waals surface area contributed by atoms with Gasteiger partial charge >= 0.3 is 0 Å². The summed E-state index contributed by atoms with van der Waals surface area (Å²) < 4.78 is 17.0. The molecule has 146 valence electrons. The lowest BCUT2D eigenvalue weighted by Gasteiger charge is -2.12. The Hall–Kier alpha value is -3.53. The summed E-state index contributed by atoms with van der Waals surface area (Å²) in [6, 6.07) is 21.1. The molecule has 0 aliphatic rings. The van der Waals surface area contributed by atoms with Gasteiger partial charge in [0.25, 0.3) is 0 Å². The zero-order chi connectivity index (χ0) is 20.2. The number of rotatable bonds is 6. The van der Waals surface area contributed by atoms with Gasteiger partial charge in [0, 0.05) is 6.07 Å². The van der Waals surface area contributed by atoms with Crippen LogP contribution in [0.25, 0.3) is 22.1 Å².